The van der Waals surface area contributed by atoms with Gasteiger partial charge in [0.1, 0.15) is 0 Å². The lowest BCUT2D eigenvalue weighted by Gasteiger charge is -2.25. The molecule has 2 aromatic rings. The summed E-state index contributed by atoms with van der Waals surface area (Å²) in [6.45, 7) is 7.36. The van der Waals surface area contributed by atoms with Crippen LogP contribution in [0.5, 0.6) is 0 Å². The number of unbranched alkanes of at least 4 members (excludes halogenated alkanes) is 2. The maximum Gasteiger partial charge on any atom is 0.0916 e. The largest absolute Gasteiger partial charge is 0.387 e. The van der Waals surface area contributed by atoms with E-state index in [1.54, 1.807) is 0 Å². The summed E-state index contributed by atoms with van der Waals surface area (Å²) >= 11 is 0. The number of aliphatic hydroxyl groups excluding tert-OH is 1. The van der Waals surface area contributed by atoms with Crippen LogP contribution < -0.4 is 0 Å². The van der Waals surface area contributed by atoms with Gasteiger partial charge in [-0.15, -0.1) is 0 Å². The van der Waals surface area contributed by atoms with Gasteiger partial charge in [0, 0.05) is 6.54 Å². The summed E-state index contributed by atoms with van der Waals surface area (Å²) in [5, 5.41) is 10.6. The molecule has 0 aliphatic rings. The topological polar surface area (TPSA) is 23.5 Å². The van der Waals surface area contributed by atoms with Crippen molar-refractivity contribution >= 4 is 0 Å². The Balaban J connectivity index is 1.86. The van der Waals surface area contributed by atoms with Crippen molar-refractivity contribution in [2.24, 2.45) is 0 Å². The van der Waals surface area contributed by atoms with E-state index in [1.807, 2.05) is 0 Å². The zero-order chi connectivity index (χ0) is 18.6. The molecule has 2 nitrogen and oxygen atoms in total. The van der Waals surface area contributed by atoms with Gasteiger partial charge in [-0.1, -0.05) is 81.3 Å². The zero-order valence-electron chi connectivity index (χ0n) is 16.5. The van der Waals surface area contributed by atoms with Crippen molar-refractivity contribution in [2.75, 3.05) is 19.6 Å². The summed E-state index contributed by atoms with van der Waals surface area (Å²) in [6.07, 6.45) is 6.52. The van der Waals surface area contributed by atoms with Crippen molar-refractivity contribution in [3.63, 3.8) is 0 Å². The van der Waals surface area contributed by atoms with Gasteiger partial charge >= 0.3 is 0 Å². The summed E-state index contributed by atoms with van der Waals surface area (Å²) in [7, 11) is 0. The molecule has 0 saturated heterocycles. The van der Waals surface area contributed by atoms with E-state index in [-0.39, 0.29) is 0 Å². The minimum absolute atomic E-state index is 0.396. The van der Waals surface area contributed by atoms with Crippen LogP contribution in [0, 0.1) is 0 Å². The molecule has 0 amide bonds. The first kappa shape index (κ1) is 20.7. The molecule has 0 aliphatic carbocycles. The maximum absolute atomic E-state index is 10.6. The molecule has 0 saturated carbocycles. The van der Waals surface area contributed by atoms with Crippen LogP contribution >= 0.6 is 0 Å². The molecule has 2 aromatic carbocycles. The van der Waals surface area contributed by atoms with Crippen LogP contribution in [0.4, 0.5) is 0 Å². The van der Waals surface area contributed by atoms with Crippen molar-refractivity contribution in [1.82, 2.24) is 4.90 Å². The van der Waals surface area contributed by atoms with Gasteiger partial charge in [0.05, 0.1) is 6.10 Å². The van der Waals surface area contributed by atoms with Gasteiger partial charge in [0.25, 0.3) is 0 Å². The van der Waals surface area contributed by atoms with Gasteiger partial charge in [0.2, 0.25) is 0 Å². The van der Waals surface area contributed by atoms with E-state index in [1.165, 1.54) is 36.8 Å². The van der Waals surface area contributed by atoms with E-state index in [0.29, 0.717) is 0 Å². The van der Waals surface area contributed by atoms with Crippen LogP contribution in [0.25, 0.3) is 0 Å². The fourth-order valence-corrected chi connectivity index (χ4v) is 3.25. The van der Waals surface area contributed by atoms with Crippen molar-refractivity contribution in [1.29, 1.82) is 0 Å². The Morgan fingerprint density at radius 2 is 1.31 bits per heavy atom. The molecule has 0 fully saturated rings. The van der Waals surface area contributed by atoms with Gasteiger partial charge in [-0.3, -0.25) is 0 Å². The summed E-state index contributed by atoms with van der Waals surface area (Å²) in [5.74, 6) is 0. The molecule has 0 heterocycles. The van der Waals surface area contributed by atoms with Gasteiger partial charge in [-0.2, -0.15) is 0 Å². The minimum Gasteiger partial charge on any atom is -0.387 e. The molecule has 2 rings (SSSR count). The lowest BCUT2D eigenvalue weighted by molar-refractivity contribution is 0.111. The predicted octanol–water partition coefficient (Wildman–Crippen LogP) is 5.41. The van der Waals surface area contributed by atoms with E-state index >= 15 is 0 Å². The Morgan fingerprint density at radius 1 is 0.769 bits per heavy atom. The normalized spacial score (nSPS) is 12.5. The minimum atomic E-state index is -0.396. The molecule has 0 radical (unpaired) electrons. The molecular weight excluding hydrogens is 318 g/mol. The lowest BCUT2D eigenvalue weighted by Crippen LogP contribution is -2.30. The van der Waals surface area contributed by atoms with Crippen molar-refractivity contribution < 1.29 is 5.11 Å². The fourth-order valence-electron chi connectivity index (χ4n) is 3.25. The first-order valence-corrected chi connectivity index (χ1v) is 10.3. The van der Waals surface area contributed by atoms with Crippen LogP contribution in [0.3, 0.4) is 0 Å². The molecule has 0 aromatic heterocycles. The van der Waals surface area contributed by atoms with Gasteiger partial charge < -0.3 is 10.0 Å². The second kappa shape index (κ2) is 11.9. The second-order valence-electron chi connectivity index (χ2n) is 7.25. The summed E-state index contributed by atoms with van der Waals surface area (Å²) in [5.41, 5.74) is 3.74. The van der Waals surface area contributed by atoms with Gasteiger partial charge in [-0.05, 0) is 55.5 Å². The molecule has 0 unspecified atom stereocenters. The molecule has 0 bridgehead atoms. The van der Waals surface area contributed by atoms with Crippen LogP contribution in [-0.4, -0.2) is 29.6 Å². The van der Waals surface area contributed by atoms with Crippen molar-refractivity contribution in [3.8, 4) is 0 Å². The number of aryl methyl sites for hydroxylation is 2. The smallest absolute Gasteiger partial charge is 0.0916 e. The highest BCUT2D eigenvalue weighted by Crippen LogP contribution is 2.17. The van der Waals surface area contributed by atoms with E-state index in [4.69, 9.17) is 0 Å². The first-order chi connectivity index (χ1) is 12.7. The maximum atomic E-state index is 10.6. The number of rotatable bonds is 12. The number of hydrogen-bond donors (Lipinski definition) is 1. The molecular formula is C24H35NO. The number of benzene rings is 2. The predicted molar refractivity (Wildman–Crippen MR) is 112 cm³/mol. The van der Waals surface area contributed by atoms with Crippen molar-refractivity contribution in [3.05, 3.63) is 71.3 Å². The highest BCUT2D eigenvalue weighted by atomic mass is 16.3. The Hall–Kier alpha value is -1.64. The standard InChI is InChI=1S/C24H35NO/c1-3-5-18-25(19-6-4-2)20-24(26)23-16-14-22(15-17-23)13-12-21-10-8-7-9-11-21/h7-11,14-17,24,26H,3-6,12-13,18-20H2,1-2H3/t24-/m1/s1. The molecule has 142 valence electrons. The summed E-state index contributed by atoms with van der Waals surface area (Å²) < 4.78 is 0. The third-order valence-corrected chi connectivity index (χ3v) is 5.00. The first-order valence-electron chi connectivity index (χ1n) is 10.3. The Bertz CT molecular complexity index is 585. The lowest BCUT2D eigenvalue weighted by atomic mass is 10.0. The van der Waals surface area contributed by atoms with Crippen molar-refractivity contribution in [2.45, 2.75) is 58.5 Å². The van der Waals surface area contributed by atoms with Crippen LogP contribution in [0.2, 0.25) is 0 Å². The molecule has 1 N–H and O–H groups in total. The van der Waals surface area contributed by atoms with E-state index in [9.17, 15) is 5.11 Å². The number of hydrogen-bond acceptors (Lipinski definition) is 2. The monoisotopic (exact) mass is 353 g/mol. The van der Waals surface area contributed by atoms with E-state index in [2.05, 4.69) is 73.3 Å². The SMILES string of the molecule is CCCCN(CCCC)C[C@@H](O)c1ccc(CCc2ccccc2)cc1. The molecule has 26 heavy (non-hydrogen) atoms. The molecule has 0 aliphatic heterocycles. The highest BCUT2D eigenvalue weighted by molar-refractivity contribution is 5.26. The summed E-state index contributed by atoms with van der Waals surface area (Å²) in [4.78, 5) is 2.42. The molecule has 1 atom stereocenters. The molecule has 0 spiro atoms. The van der Waals surface area contributed by atoms with E-state index < -0.39 is 6.10 Å². The quantitative estimate of drug-likeness (QED) is 0.552. The van der Waals surface area contributed by atoms with Gasteiger partial charge in [-0.25, -0.2) is 0 Å². The van der Waals surface area contributed by atoms with Crippen LogP contribution in [0.1, 0.15) is 62.3 Å². The van der Waals surface area contributed by atoms with Crippen LogP contribution in [0.15, 0.2) is 54.6 Å². The highest BCUT2D eigenvalue weighted by Gasteiger charge is 2.13. The molecule has 2 heteroatoms. The van der Waals surface area contributed by atoms with E-state index in [0.717, 1.165) is 38.0 Å². The van der Waals surface area contributed by atoms with Crippen LogP contribution in [-0.2, 0) is 12.8 Å². The Kier molecular flexibility index (Phi) is 9.44. The third-order valence-electron chi connectivity index (χ3n) is 5.00. The fraction of sp³-hybridized carbons (Fsp3) is 0.500. The Labute approximate surface area is 159 Å². The van der Waals surface area contributed by atoms with Gasteiger partial charge in [0.15, 0.2) is 0 Å². The number of aliphatic hydroxyl groups is 1. The average Bonchev–Trinajstić information content (AvgIpc) is 2.69. The average molecular weight is 354 g/mol. The third kappa shape index (κ3) is 7.31. The second-order valence-corrected chi connectivity index (χ2v) is 7.25. The zero-order valence-corrected chi connectivity index (χ0v) is 16.5. The number of nitrogens with zero attached hydrogens (tertiary/aromatic N) is 1. The summed E-state index contributed by atoms with van der Waals surface area (Å²) in [6, 6.07) is 19.2. The Morgan fingerprint density at radius 3 is 1.85 bits per heavy atom.